The molecule has 1 heterocycles. The molecule has 1 fully saturated rings. The van der Waals surface area contributed by atoms with Crippen molar-refractivity contribution >= 4 is 50.9 Å². The number of ether oxygens (including phenoxy) is 1. The molecule has 1 amide bonds. The Kier molecular flexibility index (Phi) is 4.45. The quantitative estimate of drug-likeness (QED) is 0.642. The molecule has 0 saturated carbocycles. The molecule has 1 aliphatic heterocycles. The van der Waals surface area contributed by atoms with E-state index < -0.39 is 0 Å². The van der Waals surface area contributed by atoms with E-state index in [2.05, 4.69) is 21.2 Å². The molecule has 4 nitrogen and oxygen atoms in total. The second-order valence-electron chi connectivity index (χ2n) is 4.88. The number of nitrogens with one attached hydrogen (secondary N) is 1. The molecule has 0 aliphatic carbocycles. The van der Waals surface area contributed by atoms with E-state index in [1.807, 2.05) is 48.5 Å². The molecule has 1 N–H and O–H groups in total. The lowest BCUT2D eigenvalue weighted by atomic mass is 10.2. The van der Waals surface area contributed by atoms with Crippen LogP contribution in [0.25, 0.3) is 6.08 Å². The molecule has 1 saturated heterocycles. The zero-order chi connectivity index (χ0) is 16.4. The molecule has 6 heteroatoms. The van der Waals surface area contributed by atoms with Crippen molar-refractivity contribution in [3.05, 3.63) is 64.3 Å². The number of methoxy groups -OCH3 is 1. The van der Waals surface area contributed by atoms with Gasteiger partial charge in [0.1, 0.15) is 11.4 Å². The molecule has 0 radical (unpaired) electrons. The summed E-state index contributed by atoms with van der Waals surface area (Å²) in [5, 5.41) is 3.34. The summed E-state index contributed by atoms with van der Waals surface area (Å²) in [7, 11) is 1.61. The van der Waals surface area contributed by atoms with Crippen LogP contribution in [0.3, 0.4) is 0 Å². The van der Waals surface area contributed by atoms with Gasteiger partial charge in [0, 0.05) is 4.47 Å². The molecule has 0 atom stereocenters. The maximum Gasteiger partial charge on any atom is 0.281 e. The fourth-order valence-electron chi connectivity index (χ4n) is 2.26. The Morgan fingerprint density at radius 3 is 2.65 bits per heavy atom. The van der Waals surface area contributed by atoms with Crippen LogP contribution >= 0.6 is 28.1 Å². The van der Waals surface area contributed by atoms with Gasteiger partial charge in [-0.3, -0.25) is 9.69 Å². The van der Waals surface area contributed by atoms with Crippen LogP contribution in [0.2, 0.25) is 0 Å². The van der Waals surface area contributed by atoms with Gasteiger partial charge in [0.2, 0.25) is 0 Å². The fraction of sp³-hybridized carbons (Fsp3) is 0.0588. The van der Waals surface area contributed by atoms with Gasteiger partial charge in [0.05, 0.1) is 12.8 Å². The van der Waals surface area contributed by atoms with Crippen molar-refractivity contribution in [3.8, 4) is 5.75 Å². The highest BCUT2D eigenvalue weighted by Crippen LogP contribution is 2.24. The van der Waals surface area contributed by atoms with Gasteiger partial charge in [-0.2, -0.15) is 0 Å². The van der Waals surface area contributed by atoms with Gasteiger partial charge in [0.15, 0.2) is 5.11 Å². The summed E-state index contributed by atoms with van der Waals surface area (Å²) >= 11 is 8.67. The van der Waals surface area contributed by atoms with Crippen LogP contribution in [0.1, 0.15) is 5.56 Å². The van der Waals surface area contributed by atoms with Gasteiger partial charge in [0.25, 0.3) is 5.91 Å². The Morgan fingerprint density at radius 1 is 1.22 bits per heavy atom. The third-order valence-corrected chi connectivity index (χ3v) is 4.18. The number of nitrogens with zero attached hydrogens (tertiary/aromatic N) is 1. The lowest BCUT2D eigenvalue weighted by Crippen LogP contribution is -2.30. The Morgan fingerprint density at radius 2 is 1.96 bits per heavy atom. The van der Waals surface area contributed by atoms with E-state index in [4.69, 9.17) is 17.0 Å². The van der Waals surface area contributed by atoms with E-state index >= 15 is 0 Å². The van der Waals surface area contributed by atoms with Crippen LogP contribution in [0.4, 0.5) is 5.69 Å². The number of amides is 1. The molecular weight excluding hydrogens is 376 g/mol. The second kappa shape index (κ2) is 6.52. The van der Waals surface area contributed by atoms with Gasteiger partial charge >= 0.3 is 0 Å². The number of rotatable bonds is 3. The smallest absolute Gasteiger partial charge is 0.281 e. The molecule has 0 bridgehead atoms. The Hall–Kier alpha value is -2.18. The van der Waals surface area contributed by atoms with Gasteiger partial charge < -0.3 is 10.1 Å². The highest BCUT2D eigenvalue weighted by molar-refractivity contribution is 9.10. The molecule has 1 aliphatic rings. The molecule has 3 rings (SSSR count). The minimum absolute atomic E-state index is 0.180. The first-order chi connectivity index (χ1) is 11.1. The van der Waals surface area contributed by atoms with Crippen LogP contribution in [-0.4, -0.2) is 18.1 Å². The highest BCUT2D eigenvalue weighted by atomic mass is 79.9. The number of benzene rings is 2. The summed E-state index contributed by atoms with van der Waals surface area (Å²) < 4.78 is 6.14. The fourth-order valence-corrected chi connectivity index (χ4v) is 2.82. The van der Waals surface area contributed by atoms with E-state index in [1.54, 1.807) is 13.2 Å². The zero-order valence-corrected chi connectivity index (χ0v) is 14.6. The SMILES string of the molecule is COc1cccc(/C=C2\NC(=S)N(c3ccc(Br)cc3)C2=O)c1. The van der Waals surface area contributed by atoms with Crippen LogP contribution < -0.4 is 15.0 Å². The minimum atomic E-state index is -0.180. The highest BCUT2D eigenvalue weighted by Gasteiger charge is 2.31. The largest absolute Gasteiger partial charge is 0.497 e. The first-order valence-corrected chi connectivity index (χ1v) is 8.05. The topological polar surface area (TPSA) is 41.6 Å². The van der Waals surface area contributed by atoms with Crippen molar-refractivity contribution in [1.29, 1.82) is 0 Å². The van der Waals surface area contributed by atoms with Crippen LogP contribution in [-0.2, 0) is 4.79 Å². The number of thiocarbonyl (C=S) groups is 1. The number of anilines is 1. The summed E-state index contributed by atoms with van der Waals surface area (Å²) in [6, 6.07) is 14.9. The minimum Gasteiger partial charge on any atom is -0.497 e. The summed E-state index contributed by atoms with van der Waals surface area (Å²) in [6.07, 6.45) is 1.76. The van der Waals surface area contributed by atoms with Crippen molar-refractivity contribution in [2.24, 2.45) is 0 Å². The van der Waals surface area contributed by atoms with Gasteiger partial charge in [-0.05, 0) is 60.3 Å². The van der Waals surface area contributed by atoms with Gasteiger partial charge in [-0.25, -0.2) is 0 Å². The first-order valence-electron chi connectivity index (χ1n) is 6.85. The van der Waals surface area contributed by atoms with E-state index in [1.165, 1.54) is 4.90 Å². The van der Waals surface area contributed by atoms with Crippen molar-refractivity contribution < 1.29 is 9.53 Å². The summed E-state index contributed by atoms with van der Waals surface area (Å²) in [6.45, 7) is 0. The number of hydrogen-bond donors (Lipinski definition) is 1. The van der Waals surface area contributed by atoms with E-state index in [9.17, 15) is 4.79 Å². The van der Waals surface area contributed by atoms with Crippen molar-refractivity contribution in [2.75, 3.05) is 12.0 Å². The summed E-state index contributed by atoms with van der Waals surface area (Å²) in [5.74, 6) is 0.553. The molecule has 0 spiro atoms. The average molecular weight is 389 g/mol. The van der Waals surface area contributed by atoms with Crippen LogP contribution in [0.15, 0.2) is 58.7 Å². The van der Waals surface area contributed by atoms with Crippen molar-refractivity contribution in [3.63, 3.8) is 0 Å². The standard InChI is InChI=1S/C17H13BrN2O2S/c1-22-14-4-2-3-11(9-14)10-15-16(21)20(17(23)19-15)13-7-5-12(18)6-8-13/h2-10H,1H3,(H,19,23)/b15-10-. The Labute approximate surface area is 147 Å². The third kappa shape index (κ3) is 3.28. The Balaban J connectivity index is 1.91. The molecule has 2 aromatic rings. The van der Waals surface area contributed by atoms with Crippen LogP contribution in [0, 0.1) is 0 Å². The molecule has 116 valence electrons. The number of halogens is 1. The van der Waals surface area contributed by atoms with E-state index in [-0.39, 0.29) is 5.91 Å². The molecular formula is C17H13BrN2O2S. The third-order valence-electron chi connectivity index (χ3n) is 3.37. The first kappa shape index (κ1) is 15.7. The number of carbonyl (C=O) groups is 1. The van der Waals surface area contributed by atoms with Crippen molar-refractivity contribution in [2.45, 2.75) is 0 Å². The normalized spacial score (nSPS) is 15.9. The van der Waals surface area contributed by atoms with E-state index in [0.29, 0.717) is 10.8 Å². The maximum atomic E-state index is 12.6. The van der Waals surface area contributed by atoms with Crippen molar-refractivity contribution in [1.82, 2.24) is 5.32 Å². The molecule has 0 unspecified atom stereocenters. The zero-order valence-electron chi connectivity index (χ0n) is 12.2. The molecule has 0 aromatic heterocycles. The molecule has 23 heavy (non-hydrogen) atoms. The monoisotopic (exact) mass is 388 g/mol. The van der Waals surface area contributed by atoms with Gasteiger partial charge in [-0.15, -0.1) is 0 Å². The second-order valence-corrected chi connectivity index (χ2v) is 6.18. The van der Waals surface area contributed by atoms with E-state index in [0.717, 1.165) is 21.5 Å². The van der Waals surface area contributed by atoms with Gasteiger partial charge in [-0.1, -0.05) is 28.1 Å². The number of hydrogen-bond acceptors (Lipinski definition) is 3. The van der Waals surface area contributed by atoms with Crippen LogP contribution in [0.5, 0.6) is 5.75 Å². The lowest BCUT2D eigenvalue weighted by molar-refractivity contribution is -0.113. The predicted octanol–water partition coefficient (Wildman–Crippen LogP) is 3.72. The summed E-state index contributed by atoms with van der Waals surface area (Å²) in [4.78, 5) is 14.1. The Bertz CT molecular complexity index is 802. The summed E-state index contributed by atoms with van der Waals surface area (Å²) in [5.41, 5.74) is 2.02. The molecule has 2 aromatic carbocycles. The number of carbonyl (C=O) groups excluding carboxylic acids is 1. The lowest BCUT2D eigenvalue weighted by Gasteiger charge is -2.13. The maximum absolute atomic E-state index is 12.6. The average Bonchev–Trinajstić information content (AvgIpc) is 2.83. The predicted molar refractivity (Wildman–Crippen MR) is 98.3 cm³/mol.